The van der Waals surface area contributed by atoms with Gasteiger partial charge >= 0.3 is 5.97 Å². The first kappa shape index (κ1) is 19.5. The molecule has 27 heavy (non-hydrogen) atoms. The molecule has 2 aromatic carbocycles. The van der Waals surface area contributed by atoms with Gasteiger partial charge in [0, 0.05) is 22.2 Å². The third kappa shape index (κ3) is 4.73. The summed E-state index contributed by atoms with van der Waals surface area (Å²) in [4.78, 5) is 25.1. The van der Waals surface area contributed by atoms with E-state index in [1.165, 1.54) is 16.9 Å². The van der Waals surface area contributed by atoms with Crippen LogP contribution in [-0.4, -0.2) is 16.9 Å². The normalized spacial score (nSPS) is 10.7. The molecule has 0 aliphatic heterocycles. The number of thiophene rings is 1. The number of halogens is 1. The van der Waals surface area contributed by atoms with Crippen LogP contribution in [-0.2, 0) is 24.1 Å². The smallest absolute Gasteiger partial charge is 0.337 e. The molecular formula is C22H19BrO3S. The number of carboxylic acid groups (broad SMARTS) is 1. The SMILES string of the molecule is CCc1cccc(CC(=O)Cc2csc(-c3ccc(Br)cc3)c2C(=O)O)c1. The predicted molar refractivity (Wildman–Crippen MR) is 113 cm³/mol. The van der Waals surface area contributed by atoms with Gasteiger partial charge in [0.15, 0.2) is 0 Å². The quantitative estimate of drug-likeness (QED) is 0.503. The van der Waals surface area contributed by atoms with Crippen molar-refractivity contribution in [3.8, 4) is 10.4 Å². The van der Waals surface area contributed by atoms with Crippen molar-refractivity contribution in [3.05, 3.63) is 80.6 Å². The van der Waals surface area contributed by atoms with Gasteiger partial charge in [0.1, 0.15) is 5.78 Å². The molecule has 0 saturated heterocycles. The summed E-state index contributed by atoms with van der Waals surface area (Å²) in [5.74, 6) is -0.976. The number of hydrogen-bond donors (Lipinski definition) is 1. The van der Waals surface area contributed by atoms with Gasteiger partial charge in [-0.05, 0) is 46.2 Å². The lowest BCUT2D eigenvalue weighted by Crippen LogP contribution is -2.10. The summed E-state index contributed by atoms with van der Waals surface area (Å²) in [5.41, 5.74) is 3.83. The fraction of sp³-hybridized carbons (Fsp3) is 0.182. The van der Waals surface area contributed by atoms with Gasteiger partial charge in [-0.1, -0.05) is 59.3 Å². The summed E-state index contributed by atoms with van der Waals surface area (Å²) in [7, 11) is 0. The van der Waals surface area contributed by atoms with Crippen molar-refractivity contribution in [1.82, 2.24) is 0 Å². The first-order valence-corrected chi connectivity index (χ1v) is 10.3. The Morgan fingerprint density at radius 1 is 1.04 bits per heavy atom. The van der Waals surface area contributed by atoms with E-state index < -0.39 is 5.97 Å². The number of Topliss-reactive ketones (excluding diaryl/α,β-unsaturated/α-hetero) is 1. The number of carbonyl (C=O) groups is 2. The van der Waals surface area contributed by atoms with Crippen LogP contribution in [0.4, 0.5) is 0 Å². The molecule has 0 saturated carbocycles. The van der Waals surface area contributed by atoms with Gasteiger partial charge in [0.2, 0.25) is 0 Å². The molecule has 3 aromatic rings. The van der Waals surface area contributed by atoms with E-state index >= 15 is 0 Å². The molecule has 1 N–H and O–H groups in total. The van der Waals surface area contributed by atoms with Crippen molar-refractivity contribution in [2.24, 2.45) is 0 Å². The average Bonchev–Trinajstić information content (AvgIpc) is 3.06. The van der Waals surface area contributed by atoms with Crippen LogP contribution in [0.1, 0.15) is 34.0 Å². The number of rotatable bonds is 7. The van der Waals surface area contributed by atoms with Crippen LogP contribution in [0, 0.1) is 0 Å². The fourth-order valence-electron chi connectivity index (χ4n) is 3.03. The van der Waals surface area contributed by atoms with Crippen LogP contribution in [0.2, 0.25) is 0 Å². The van der Waals surface area contributed by atoms with E-state index in [1.54, 1.807) is 5.38 Å². The van der Waals surface area contributed by atoms with Crippen molar-refractivity contribution in [3.63, 3.8) is 0 Å². The molecule has 0 spiro atoms. The van der Waals surface area contributed by atoms with Gasteiger partial charge in [-0.15, -0.1) is 11.3 Å². The van der Waals surface area contributed by atoms with Gasteiger partial charge in [0.05, 0.1) is 5.56 Å². The van der Waals surface area contributed by atoms with Crippen molar-refractivity contribution >= 4 is 39.0 Å². The molecule has 5 heteroatoms. The number of ketones is 1. The summed E-state index contributed by atoms with van der Waals surface area (Å²) in [6.07, 6.45) is 1.37. The fourth-order valence-corrected chi connectivity index (χ4v) is 4.37. The Hall–Kier alpha value is -2.24. The van der Waals surface area contributed by atoms with Crippen molar-refractivity contribution in [2.45, 2.75) is 26.2 Å². The second kappa shape index (κ2) is 8.63. The van der Waals surface area contributed by atoms with Gasteiger partial charge < -0.3 is 5.11 Å². The molecule has 0 fully saturated rings. The zero-order valence-corrected chi connectivity index (χ0v) is 17.3. The molecule has 138 valence electrons. The number of benzene rings is 2. The van der Waals surface area contributed by atoms with Gasteiger partial charge in [-0.3, -0.25) is 4.79 Å². The number of hydrogen-bond acceptors (Lipinski definition) is 3. The molecule has 0 aliphatic rings. The summed E-state index contributed by atoms with van der Waals surface area (Å²) >= 11 is 4.76. The molecule has 3 rings (SSSR count). The maximum atomic E-state index is 12.6. The topological polar surface area (TPSA) is 54.4 Å². The molecule has 0 unspecified atom stereocenters. The van der Waals surface area contributed by atoms with Crippen LogP contribution in [0.25, 0.3) is 10.4 Å². The molecule has 0 radical (unpaired) electrons. The van der Waals surface area contributed by atoms with Crippen LogP contribution >= 0.6 is 27.3 Å². The summed E-state index contributed by atoms with van der Waals surface area (Å²) < 4.78 is 0.935. The van der Waals surface area contributed by atoms with Crippen molar-refractivity contribution < 1.29 is 14.7 Å². The summed E-state index contributed by atoms with van der Waals surface area (Å²) in [6, 6.07) is 15.5. The second-order valence-electron chi connectivity index (χ2n) is 6.34. The van der Waals surface area contributed by atoms with Crippen molar-refractivity contribution in [2.75, 3.05) is 0 Å². The highest BCUT2D eigenvalue weighted by Gasteiger charge is 2.21. The molecule has 0 atom stereocenters. The van der Waals surface area contributed by atoms with Crippen LogP contribution in [0.5, 0.6) is 0 Å². The van der Waals surface area contributed by atoms with E-state index in [9.17, 15) is 14.7 Å². The monoisotopic (exact) mass is 442 g/mol. The minimum absolute atomic E-state index is 0.0194. The molecule has 0 bridgehead atoms. The minimum Gasteiger partial charge on any atom is -0.478 e. The Morgan fingerprint density at radius 2 is 1.74 bits per heavy atom. The van der Waals surface area contributed by atoms with Crippen molar-refractivity contribution in [1.29, 1.82) is 0 Å². The van der Waals surface area contributed by atoms with Crippen LogP contribution in [0.3, 0.4) is 0 Å². The average molecular weight is 443 g/mol. The summed E-state index contributed by atoms with van der Waals surface area (Å²) in [5, 5.41) is 11.5. The molecular weight excluding hydrogens is 424 g/mol. The number of aromatic carboxylic acids is 1. The lowest BCUT2D eigenvalue weighted by Gasteiger charge is -2.05. The Bertz CT molecular complexity index is 973. The molecule has 0 amide bonds. The number of aryl methyl sites for hydroxylation is 1. The van der Waals surface area contributed by atoms with E-state index in [0.29, 0.717) is 16.9 Å². The zero-order valence-electron chi connectivity index (χ0n) is 14.9. The highest BCUT2D eigenvalue weighted by molar-refractivity contribution is 9.10. The van der Waals surface area contributed by atoms with E-state index in [-0.39, 0.29) is 17.8 Å². The second-order valence-corrected chi connectivity index (χ2v) is 8.14. The molecule has 1 aromatic heterocycles. The maximum absolute atomic E-state index is 12.6. The zero-order chi connectivity index (χ0) is 19.4. The first-order chi connectivity index (χ1) is 13.0. The van der Waals surface area contributed by atoms with Gasteiger partial charge in [0.25, 0.3) is 0 Å². The van der Waals surface area contributed by atoms with Crippen LogP contribution < -0.4 is 0 Å². The highest BCUT2D eigenvalue weighted by atomic mass is 79.9. The van der Waals surface area contributed by atoms with Crippen LogP contribution in [0.15, 0.2) is 58.4 Å². The van der Waals surface area contributed by atoms with E-state index in [4.69, 9.17) is 0 Å². The Labute approximate surface area is 170 Å². The third-order valence-corrected chi connectivity index (χ3v) is 5.98. The lowest BCUT2D eigenvalue weighted by molar-refractivity contribution is -0.117. The van der Waals surface area contributed by atoms with Gasteiger partial charge in [-0.2, -0.15) is 0 Å². The predicted octanol–water partition coefficient (Wildman–Crippen LogP) is 5.79. The third-order valence-electron chi connectivity index (χ3n) is 4.38. The minimum atomic E-state index is -0.995. The summed E-state index contributed by atoms with van der Waals surface area (Å²) in [6.45, 7) is 2.08. The molecule has 0 aliphatic carbocycles. The Morgan fingerprint density at radius 3 is 2.41 bits per heavy atom. The van der Waals surface area contributed by atoms with E-state index in [1.807, 2.05) is 48.5 Å². The van der Waals surface area contributed by atoms with Gasteiger partial charge in [-0.25, -0.2) is 4.79 Å². The Kier molecular flexibility index (Phi) is 6.24. The first-order valence-electron chi connectivity index (χ1n) is 8.67. The number of carboxylic acids is 1. The molecule has 3 nitrogen and oxygen atoms in total. The standard InChI is InChI=1S/C22H19BrO3S/c1-2-14-4-3-5-15(10-14)11-19(24)12-17-13-27-21(20(17)22(25)26)16-6-8-18(23)9-7-16/h3-10,13H,2,11-12H2,1H3,(H,25,26). The van der Waals surface area contributed by atoms with E-state index in [0.717, 1.165) is 22.0 Å². The molecule has 1 heterocycles. The lowest BCUT2D eigenvalue weighted by atomic mass is 9.98. The Balaban J connectivity index is 1.83. The number of carbonyl (C=O) groups excluding carboxylic acids is 1. The maximum Gasteiger partial charge on any atom is 0.337 e. The van der Waals surface area contributed by atoms with E-state index in [2.05, 4.69) is 22.9 Å². The largest absolute Gasteiger partial charge is 0.478 e. The highest BCUT2D eigenvalue weighted by Crippen LogP contribution is 2.34.